The molecule has 0 unspecified atom stereocenters. The summed E-state index contributed by atoms with van der Waals surface area (Å²) < 4.78 is 0. The minimum atomic E-state index is -1.23. The van der Waals surface area contributed by atoms with Gasteiger partial charge in [-0.25, -0.2) is 0 Å². The topological polar surface area (TPSA) is 77.5 Å². The number of carbonyl (C=O) groups is 3. The van der Waals surface area contributed by atoms with Crippen LogP contribution in [-0.2, 0) is 9.59 Å². The van der Waals surface area contributed by atoms with E-state index >= 15 is 0 Å². The molecule has 2 aromatic rings. The fraction of sp³-hybridized carbons (Fsp3) is 0.318. The van der Waals surface area contributed by atoms with Crippen molar-refractivity contribution in [3.8, 4) is 0 Å². The van der Waals surface area contributed by atoms with Crippen LogP contribution in [0.3, 0.4) is 0 Å². The summed E-state index contributed by atoms with van der Waals surface area (Å²) in [7, 11) is 0. The highest BCUT2D eigenvalue weighted by molar-refractivity contribution is 8.14. The minimum absolute atomic E-state index is 0.00458. The van der Waals surface area contributed by atoms with E-state index < -0.39 is 17.9 Å². The van der Waals surface area contributed by atoms with Gasteiger partial charge in [0, 0.05) is 33.9 Å². The second-order valence-corrected chi connectivity index (χ2v) is 9.35. The Kier molecular flexibility index (Phi) is 7.39. The molecule has 3 atom stereocenters. The number of carbonyl (C=O) groups excluding carboxylic acids is 3. The van der Waals surface area contributed by atoms with Crippen LogP contribution in [0.25, 0.3) is 0 Å². The maximum absolute atomic E-state index is 12.9. The van der Waals surface area contributed by atoms with Crippen molar-refractivity contribution in [1.82, 2.24) is 4.90 Å². The first-order chi connectivity index (χ1) is 14.0. The van der Waals surface area contributed by atoms with Gasteiger partial charge in [0.25, 0.3) is 0 Å². The fourth-order valence-electron chi connectivity index (χ4n) is 3.25. The van der Waals surface area contributed by atoms with Gasteiger partial charge in [-0.05, 0) is 18.6 Å². The zero-order valence-electron chi connectivity index (χ0n) is 16.0. The minimum Gasteiger partial charge on any atom is -0.548 e. The lowest BCUT2D eigenvalue weighted by molar-refractivity contribution is -0.310. The molecule has 1 heterocycles. The Morgan fingerprint density at radius 3 is 2.31 bits per heavy atom. The van der Waals surface area contributed by atoms with Crippen molar-refractivity contribution in [2.45, 2.75) is 29.5 Å². The predicted octanol–water partition coefficient (Wildman–Crippen LogP) is 2.71. The molecule has 1 fully saturated rings. The van der Waals surface area contributed by atoms with Gasteiger partial charge >= 0.3 is 0 Å². The lowest BCUT2D eigenvalue weighted by Gasteiger charge is -2.27. The molecule has 152 valence electrons. The number of likely N-dealkylation sites (tertiary alicyclic amines) is 1. The fourth-order valence-corrected chi connectivity index (χ4v) is 5.31. The first-order valence-electron chi connectivity index (χ1n) is 9.41. The molecule has 0 bridgehead atoms. The van der Waals surface area contributed by atoms with Gasteiger partial charge in [-0.2, -0.15) is 0 Å². The number of benzene rings is 2. The summed E-state index contributed by atoms with van der Waals surface area (Å²) in [6, 6.07) is 17.7. The molecule has 0 aliphatic carbocycles. The molecule has 0 spiro atoms. The molecule has 1 amide bonds. The van der Waals surface area contributed by atoms with E-state index in [2.05, 4.69) is 0 Å². The zero-order chi connectivity index (χ0) is 20.8. The Hall–Kier alpha value is -2.25. The Labute approximate surface area is 178 Å². The summed E-state index contributed by atoms with van der Waals surface area (Å²) >= 11 is 2.66. The summed E-state index contributed by atoms with van der Waals surface area (Å²) in [6.07, 6.45) is 0.358. The van der Waals surface area contributed by atoms with Crippen LogP contribution in [0.15, 0.2) is 65.6 Å². The number of hydrogen-bond donors (Lipinski definition) is 0. The zero-order valence-corrected chi connectivity index (χ0v) is 17.7. The first-order valence-corrected chi connectivity index (χ1v) is 11.3. The Morgan fingerprint density at radius 2 is 1.69 bits per heavy atom. The number of aliphatic carboxylic acids is 1. The van der Waals surface area contributed by atoms with Crippen LogP contribution < -0.4 is 5.11 Å². The highest BCUT2D eigenvalue weighted by atomic mass is 32.2. The lowest BCUT2D eigenvalue weighted by atomic mass is 10.1. The van der Waals surface area contributed by atoms with Crippen molar-refractivity contribution < 1.29 is 19.5 Å². The molecule has 0 radical (unpaired) electrons. The van der Waals surface area contributed by atoms with E-state index in [4.69, 9.17) is 0 Å². The van der Waals surface area contributed by atoms with E-state index in [0.717, 1.165) is 16.7 Å². The summed E-state index contributed by atoms with van der Waals surface area (Å²) in [5, 5.41) is 11.5. The van der Waals surface area contributed by atoms with Crippen molar-refractivity contribution in [1.29, 1.82) is 0 Å². The summed E-state index contributed by atoms with van der Waals surface area (Å²) in [6.45, 7) is 2.09. The molecule has 2 aromatic carbocycles. The summed E-state index contributed by atoms with van der Waals surface area (Å²) in [5.74, 6) is -1.63. The largest absolute Gasteiger partial charge is 0.548 e. The van der Waals surface area contributed by atoms with Gasteiger partial charge in [-0.15, -0.1) is 11.8 Å². The van der Waals surface area contributed by atoms with Gasteiger partial charge in [-0.3, -0.25) is 9.59 Å². The van der Waals surface area contributed by atoms with Crippen LogP contribution in [0.1, 0.15) is 23.7 Å². The molecule has 0 saturated carbocycles. The molecule has 0 N–H and O–H groups in total. The van der Waals surface area contributed by atoms with Crippen LogP contribution in [-0.4, -0.2) is 45.5 Å². The maximum Gasteiger partial charge on any atom is 0.226 e. The average Bonchev–Trinajstić information content (AvgIpc) is 3.16. The van der Waals surface area contributed by atoms with Crippen LogP contribution in [0.5, 0.6) is 0 Å². The molecular formula is C22H22NO4S2-. The van der Waals surface area contributed by atoms with Crippen molar-refractivity contribution in [3.63, 3.8) is 0 Å². The smallest absolute Gasteiger partial charge is 0.226 e. The Balaban J connectivity index is 1.59. The molecule has 29 heavy (non-hydrogen) atoms. The standard InChI is InChI=1S/C22H23NO4S2/c1-15(14-28-22(27)16-8-4-2-5-9-16)20(24)23-13-18(12-19(23)21(25)26)29-17-10-6-3-7-11-17/h2-11,15,18-19H,12-14H2,1H3,(H,25,26)/p-1/t15-,18+,19+/m1/s1. The lowest BCUT2D eigenvalue weighted by Crippen LogP contribution is -2.48. The molecule has 3 rings (SSSR count). The first kappa shape index (κ1) is 21.5. The van der Waals surface area contributed by atoms with Gasteiger partial charge in [0.15, 0.2) is 0 Å². The van der Waals surface area contributed by atoms with Crippen molar-refractivity contribution in [2.24, 2.45) is 5.92 Å². The van der Waals surface area contributed by atoms with Crippen LogP contribution in [0.4, 0.5) is 0 Å². The highest BCUT2D eigenvalue weighted by Crippen LogP contribution is 2.33. The van der Waals surface area contributed by atoms with Gasteiger partial charge in [0.05, 0.1) is 12.0 Å². The van der Waals surface area contributed by atoms with E-state index in [1.165, 1.54) is 4.90 Å². The van der Waals surface area contributed by atoms with Crippen LogP contribution in [0, 0.1) is 5.92 Å². The monoisotopic (exact) mass is 428 g/mol. The van der Waals surface area contributed by atoms with Gasteiger partial charge in [-0.1, -0.05) is 67.2 Å². The summed E-state index contributed by atoms with van der Waals surface area (Å²) in [4.78, 5) is 39.2. The van der Waals surface area contributed by atoms with Gasteiger partial charge in [0.1, 0.15) is 0 Å². The van der Waals surface area contributed by atoms with Gasteiger partial charge < -0.3 is 14.8 Å². The summed E-state index contributed by atoms with van der Waals surface area (Å²) in [5.41, 5.74) is 0.588. The third kappa shape index (κ3) is 5.64. The van der Waals surface area contributed by atoms with Crippen molar-refractivity contribution in [3.05, 3.63) is 66.2 Å². The van der Waals surface area contributed by atoms with E-state index in [1.807, 2.05) is 36.4 Å². The number of rotatable bonds is 7. The van der Waals surface area contributed by atoms with E-state index in [0.29, 0.717) is 24.3 Å². The van der Waals surface area contributed by atoms with E-state index in [9.17, 15) is 19.5 Å². The number of nitrogens with zero attached hydrogens (tertiary/aromatic N) is 1. The Morgan fingerprint density at radius 1 is 1.07 bits per heavy atom. The average molecular weight is 429 g/mol. The highest BCUT2D eigenvalue weighted by Gasteiger charge is 2.38. The molecule has 1 saturated heterocycles. The third-order valence-corrected chi connectivity index (χ3v) is 7.14. The second-order valence-electron chi connectivity index (χ2n) is 6.98. The number of carboxylic acid groups (broad SMARTS) is 1. The van der Waals surface area contributed by atoms with Crippen molar-refractivity contribution in [2.75, 3.05) is 12.3 Å². The quantitative estimate of drug-likeness (QED) is 0.675. The Bertz CT molecular complexity index is 860. The van der Waals surface area contributed by atoms with Crippen LogP contribution in [0.2, 0.25) is 0 Å². The normalized spacial score (nSPS) is 19.7. The molecule has 0 aromatic heterocycles. The number of thioether (sulfide) groups is 2. The molecule has 5 nitrogen and oxygen atoms in total. The molecule has 7 heteroatoms. The van der Waals surface area contributed by atoms with E-state index in [-0.39, 0.29) is 16.3 Å². The maximum atomic E-state index is 12.9. The number of hydrogen-bond acceptors (Lipinski definition) is 6. The number of carboxylic acids is 1. The predicted molar refractivity (Wildman–Crippen MR) is 114 cm³/mol. The molecule has 1 aliphatic heterocycles. The van der Waals surface area contributed by atoms with Crippen LogP contribution >= 0.6 is 23.5 Å². The molecular weight excluding hydrogens is 406 g/mol. The molecule has 1 aliphatic rings. The third-order valence-electron chi connectivity index (χ3n) is 4.76. The van der Waals surface area contributed by atoms with Gasteiger partial charge in [0.2, 0.25) is 11.0 Å². The SMILES string of the molecule is C[C@H](CSC(=O)c1ccccc1)C(=O)N1C[C@@H](Sc2ccccc2)C[C@H]1C(=O)[O-]. The van der Waals surface area contributed by atoms with E-state index in [1.54, 1.807) is 43.0 Å². The van der Waals surface area contributed by atoms with Crippen molar-refractivity contribution >= 4 is 40.5 Å². The second kappa shape index (κ2) is 9.98. The number of amides is 1.